The minimum absolute atomic E-state index is 0.0314. The number of amides is 1. The van der Waals surface area contributed by atoms with Crippen molar-refractivity contribution in [1.29, 1.82) is 0 Å². The fourth-order valence-corrected chi connectivity index (χ4v) is 8.42. The minimum Gasteiger partial charge on any atom is -0.461 e. The fraction of sp³-hybridized carbons (Fsp3) is 0.500. The number of nitrogens with zero attached hydrogens (tertiary/aromatic N) is 7. The van der Waals surface area contributed by atoms with Crippen LogP contribution in [0.3, 0.4) is 0 Å². The zero-order valence-electron chi connectivity index (χ0n) is 25.1. The van der Waals surface area contributed by atoms with Gasteiger partial charge in [0.2, 0.25) is 12.5 Å². The van der Waals surface area contributed by atoms with Crippen molar-refractivity contribution in [3.05, 3.63) is 65.4 Å². The number of benzene rings is 1. The number of carbonyl (C=O) groups is 1. The van der Waals surface area contributed by atoms with Crippen LogP contribution in [0, 0.1) is 18.3 Å². The number of aromatic nitrogens is 3. The molecule has 232 valence electrons. The van der Waals surface area contributed by atoms with E-state index in [1.165, 1.54) is 17.2 Å². The van der Waals surface area contributed by atoms with Gasteiger partial charge in [-0.1, -0.05) is 24.8 Å². The highest BCUT2D eigenvalue weighted by atomic mass is 19.1. The van der Waals surface area contributed by atoms with Gasteiger partial charge in [-0.3, -0.25) is 14.7 Å². The predicted molar refractivity (Wildman–Crippen MR) is 165 cm³/mol. The summed E-state index contributed by atoms with van der Waals surface area (Å²) in [4.78, 5) is 36.0. The van der Waals surface area contributed by atoms with Gasteiger partial charge in [0, 0.05) is 44.4 Å². The Labute approximate surface area is 260 Å². The molecule has 0 bridgehead atoms. The van der Waals surface area contributed by atoms with Crippen molar-refractivity contribution in [3.63, 3.8) is 0 Å². The maximum atomic E-state index is 16.7. The van der Waals surface area contributed by atoms with Crippen LogP contribution in [0.15, 0.2) is 37.1 Å². The second kappa shape index (κ2) is 10.7. The van der Waals surface area contributed by atoms with Crippen molar-refractivity contribution in [1.82, 2.24) is 24.8 Å². The van der Waals surface area contributed by atoms with Crippen molar-refractivity contribution in [3.8, 4) is 17.3 Å². The van der Waals surface area contributed by atoms with Gasteiger partial charge in [0.05, 0.1) is 10.9 Å². The summed E-state index contributed by atoms with van der Waals surface area (Å²) in [5, 5.41) is 0.441. The van der Waals surface area contributed by atoms with Crippen molar-refractivity contribution in [2.45, 2.75) is 55.8 Å². The Kier molecular flexibility index (Phi) is 6.75. The Morgan fingerprint density at radius 1 is 1.24 bits per heavy atom. The van der Waals surface area contributed by atoms with E-state index < -0.39 is 23.6 Å². The molecule has 8 rings (SSSR count). The normalized spacial score (nSPS) is 28.5. The van der Waals surface area contributed by atoms with Gasteiger partial charge in [0.25, 0.3) is 0 Å². The number of ether oxygens (including phenoxy) is 1. The quantitative estimate of drug-likeness (QED) is 0.286. The molecular weight excluding hydrogens is 576 g/mol. The largest absolute Gasteiger partial charge is 0.461 e. The summed E-state index contributed by atoms with van der Waals surface area (Å²) < 4.78 is 37.5. The molecule has 11 heteroatoms. The molecule has 3 saturated heterocycles. The lowest BCUT2D eigenvalue weighted by molar-refractivity contribution is -0.128. The number of halogens is 2. The summed E-state index contributed by atoms with van der Waals surface area (Å²) in [6, 6.07) is 5.69. The molecular formula is C34H35F2N7O2. The third-order valence-corrected chi connectivity index (χ3v) is 10.6. The number of carbonyl (C=O) groups excluding carboxylic acids is 1. The Morgan fingerprint density at radius 3 is 2.98 bits per heavy atom. The summed E-state index contributed by atoms with van der Waals surface area (Å²) in [7, 11) is 0. The molecule has 5 heterocycles. The van der Waals surface area contributed by atoms with Crippen LogP contribution in [-0.2, 0) is 11.2 Å². The SMILES string of the molecule is [C-]#[N+]C[C@H]1CN(c2nc(OC[C@@]34CCCN3C[C@H](F)C4)nc3c(F)c(-c4cccc5c4[C@@H]4C[C@@H]4C5)ncc23)CCN1C(=O)C=C. The van der Waals surface area contributed by atoms with E-state index in [4.69, 9.17) is 16.3 Å². The first-order valence-electron chi connectivity index (χ1n) is 15.9. The van der Waals surface area contributed by atoms with Gasteiger partial charge in [-0.15, -0.1) is 0 Å². The third kappa shape index (κ3) is 4.64. The summed E-state index contributed by atoms with van der Waals surface area (Å²) in [5.74, 6) is 0.796. The van der Waals surface area contributed by atoms with Crippen LogP contribution in [0.5, 0.6) is 6.01 Å². The Morgan fingerprint density at radius 2 is 2.13 bits per heavy atom. The fourth-order valence-electron chi connectivity index (χ4n) is 8.42. The van der Waals surface area contributed by atoms with E-state index in [0.717, 1.165) is 37.8 Å². The molecule has 0 radical (unpaired) electrons. The highest BCUT2D eigenvalue weighted by Gasteiger charge is 2.50. The van der Waals surface area contributed by atoms with Gasteiger partial charge in [-0.05, 0) is 61.3 Å². The number of alkyl halides is 1. The number of hydrogen-bond acceptors (Lipinski definition) is 7. The average molecular weight is 612 g/mol. The van der Waals surface area contributed by atoms with Gasteiger partial charge < -0.3 is 19.4 Å². The molecule has 5 atom stereocenters. The summed E-state index contributed by atoms with van der Waals surface area (Å²) in [5.41, 5.74) is 3.25. The Balaban J connectivity index is 1.20. The van der Waals surface area contributed by atoms with Crippen molar-refractivity contribution >= 4 is 22.6 Å². The molecule has 3 aliphatic heterocycles. The minimum atomic E-state index is -0.902. The molecule has 2 aliphatic carbocycles. The topological polar surface area (TPSA) is 79.1 Å². The smallest absolute Gasteiger partial charge is 0.319 e. The van der Waals surface area contributed by atoms with E-state index in [-0.39, 0.29) is 36.3 Å². The molecule has 3 aromatic rings. The van der Waals surface area contributed by atoms with E-state index in [9.17, 15) is 9.18 Å². The van der Waals surface area contributed by atoms with Gasteiger partial charge in [-0.25, -0.2) is 15.4 Å². The van der Waals surface area contributed by atoms with E-state index in [2.05, 4.69) is 32.4 Å². The first-order chi connectivity index (χ1) is 21.9. The molecule has 5 aliphatic rings. The maximum absolute atomic E-state index is 16.7. The van der Waals surface area contributed by atoms with Gasteiger partial charge in [0.15, 0.2) is 5.82 Å². The lowest BCUT2D eigenvalue weighted by Gasteiger charge is -2.39. The number of hydrogen-bond donors (Lipinski definition) is 0. The number of anilines is 1. The molecule has 45 heavy (non-hydrogen) atoms. The van der Waals surface area contributed by atoms with E-state index >= 15 is 4.39 Å². The second-order valence-electron chi connectivity index (χ2n) is 13.2. The lowest BCUT2D eigenvalue weighted by atomic mass is 9.95. The summed E-state index contributed by atoms with van der Waals surface area (Å²) in [6.07, 6.45) is 6.36. The zero-order chi connectivity index (χ0) is 30.9. The van der Waals surface area contributed by atoms with Crippen molar-refractivity contribution in [2.24, 2.45) is 5.92 Å². The van der Waals surface area contributed by atoms with E-state index in [1.807, 2.05) is 17.0 Å². The second-order valence-corrected chi connectivity index (χ2v) is 13.2. The molecule has 0 spiro atoms. The van der Waals surface area contributed by atoms with E-state index in [0.29, 0.717) is 55.6 Å². The van der Waals surface area contributed by atoms with Crippen LogP contribution in [0.1, 0.15) is 42.7 Å². The first-order valence-corrected chi connectivity index (χ1v) is 15.9. The number of pyridine rings is 1. The summed E-state index contributed by atoms with van der Waals surface area (Å²) in [6.45, 7) is 13.8. The number of fused-ring (bicyclic) bond motifs is 5. The van der Waals surface area contributed by atoms with Crippen LogP contribution in [-0.4, -0.2) is 94.3 Å². The van der Waals surface area contributed by atoms with Crippen LogP contribution in [0.4, 0.5) is 14.6 Å². The standard InChI is InChI=1S/C34H35F2N7O2/c1-3-27(44)43-11-10-41(18-23(43)15-37-2)32-26-16-38-30(24-7-4-6-20-12-21-13-25(21)28(20)24)29(36)31(26)39-33(40-32)45-19-34-8-5-9-42(34)17-22(35)14-34/h3-4,6-7,16,21-23,25H,1,5,8-15,17-19H2/t21-,22+,23-,25+,34-/m0/s1. The Bertz CT molecular complexity index is 1760. The van der Waals surface area contributed by atoms with Crippen LogP contribution < -0.4 is 9.64 Å². The van der Waals surface area contributed by atoms with Gasteiger partial charge in [0.1, 0.15) is 35.8 Å². The third-order valence-electron chi connectivity index (χ3n) is 10.6. The number of piperazine rings is 1. The van der Waals surface area contributed by atoms with Crippen molar-refractivity contribution < 1.29 is 18.3 Å². The molecule has 1 aromatic carbocycles. The first kappa shape index (κ1) is 28.3. The van der Waals surface area contributed by atoms with Gasteiger partial charge in [-0.2, -0.15) is 9.97 Å². The van der Waals surface area contributed by atoms with Crippen LogP contribution >= 0.6 is 0 Å². The molecule has 1 amide bonds. The molecule has 0 N–H and O–H groups in total. The predicted octanol–water partition coefficient (Wildman–Crippen LogP) is 4.57. The highest BCUT2D eigenvalue weighted by Crippen LogP contribution is 2.58. The average Bonchev–Trinajstić information content (AvgIpc) is 3.37. The van der Waals surface area contributed by atoms with Crippen LogP contribution in [0.2, 0.25) is 0 Å². The molecule has 0 unspecified atom stereocenters. The number of rotatable bonds is 7. The molecule has 9 nitrogen and oxygen atoms in total. The van der Waals surface area contributed by atoms with Crippen molar-refractivity contribution in [2.75, 3.05) is 50.8 Å². The van der Waals surface area contributed by atoms with Crippen LogP contribution in [0.25, 0.3) is 27.0 Å². The molecule has 4 fully saturated rings. The maximum Gasteiger partial charge on any atom is 0.319 e. The summed E-state index contributed by atoms with van der Waals surface area (Å²) >= 11 is 0. The van der Waals surface area contributed by atoms with Gasteiger partial charge >= 0.3 is 6.01 Å². The van der Waals surface area contributed by atoms with E-state index in [1.54, 1.807) is 11.1 Å². The molecule has 1 saturated carbocycles. The Hall–Kier alpha value is -4.17. The lowest BCUT2D eigenvalue weighted by Crippen LogP contribution is -2.56. The zero-order valence-corrected chi connectivity index (χ0v) is 25.1. The highest BCUT2D eigenvalue weighted by molar-refractivity contribution is 5.93. The monoisotopic (exact) mass is 611 g/mol. The molecule has 2 aromatic heterocycles.